The van der Waals surface area contributed by atoms with E-state index < -0.39 is 0 Å². The van der Waals surface area contributed by atoms with Crippen molar-refractivity contribution in [3.63, 3.8) is 0 Å². The lowest BCUT2D eigenvalue weighted by Gasteiger charge is -2.24. The van der Waals surface area contributed by atoms with Crippen LogP contribution in [-0.2, 0) is 6.54 Å². The molecule has 1 fully saturated rings. The topological polar surface area (TPSA) is 41.6 Å². The maximum Gasteiger partial charge on any atom is 0.135 e. The third kappa shape index (κ3) is 5.38. The van der Waals surface area contributed by atoms with Gasteiger partial charge in [-0.15, -0.1) is 0 Å². The van der Waals surface area contributed by atoms with Gasteiger partial charge in [0.25, 0.3) is 0 Å². The van der Waals surface area contributed by atoms with E-state index in [0.717, 1.165) is 49.8 Å². The lowest BCUT2D eigenvalue weighted by atomic mass is 10.2. The van der Waals surface area contributed by atoms with Crippen molar-refractivity contribution in [2.75, 3.05) is 39.3 Å². The van der Waals surface area contributed by atoms with E-state index in [9.17, 15) is 0 Å². The molecule has 0 aliphatic carbocycles. The van der Waals surface area contributed by atoms with Crippen LogP contribution in [0.1, 0.15) is 5.76 Å². The average Bonchev–Trinajstić information content (AvgIpc) is 3.03. The molecule has 2 aromatic rings. The third-order valence-corrected chi connectivity index (χ3v) is 4.69. The summed E-state index contributed by atoms with van der Waals surface area (Å²) in [7, 11) is 0. The second-order valence-corrected chi connectivity index (χ2v) is 6.66. The quantitative estimate of drug-likeness (QED) is 0.545. The maximum absolute atomic E-state index is 6.21. The van der Waals surface area contributed by atoms with Gasteiger partial charge in [0, 0.05) is 30.2 Å². The predicted octanol–water partition coefficient (Wildman–Crippen LogP) is -1.16. The van der Waals surface area contributed by atoms with Gasteiger partial charge in [-0.25, -0.2) is 0 Å². The summed E-state index contributed by atoms with van der Waals surface area (Å²) in [6.45, 7) is 7.52. The van der Waals surface area contributed by atoms with Crippen LogP contribution in [-0.4, -0.2) is 39.3 Å². The SMILES string of the molecule is Clc1ccc(Cl)c(-c2ccc(CNCC[NH+]3CCNCC3)o2)c1.[Cl-]. The molecule has 0 amide bonds. The Kier molecular flexibility index (Phi) is 7.88. The van der Waals surface area contributed by atoms with Crippen molar-refractivity contribution < 1.29 is 21.7 Å². The molecule has 0 saturated carbocycles. The highest BCUT2D eigenvalue weighted by Gasteiger charge is 2.12. The molecular formula is C17H22Cl3N3O. The van der Waals surface area contributed by atoms with Crippen LogP contribution in [0.5, 0.6) is 0 Å². The number of furan rings is 1. The molecule has 0 radical (unpaired) electrons. The van der Waals surface area contributed by atoms with Crippen LogP contribution < -0.4 is 27.9 Å². The van der Waals surface area contributed by atoms with E-state index in [4.69, 9.17) is 27.6 Å². The van der Waals surface area contributed by atoms with Gasteiger partial charge in [-0.1, -0.05) is 23.2 Å². The summed E-state index contributed by atoms with van der Waals surface area (Å²) in [6, 6.07) is 9.31. The fraction of sp³-hybridized carbons (Fsp3) is 0.412. The van der Waals surface area contributed by atoms with Crippen molar-refractivity contribution in [3.8, 4) is 11.3 Å². The average molecular weight is 391 g/mol. The minimum Gasteiger partial charge on any atom is -1.00 e. The number of hydrogen-bond donors (Lipinski definition) is 3. The van der Waals surface area contributed by atoms with Crippen molar-refractivity contribution in [1.82, 2.24) is 10.6 Å². The monoisotopic (exact) mass is 389 g/mol. The van der Waals surface area contributed by atoms with Gasteiger partial charge in [-0.2, -0.15) is 0 Å². The molecule has 1 saturated heterocycles. The van der Waals surface area contributed by atoms with Crippen LogP contribution in [0, 0.1) is 0 Å². The van der Waals surface area contributed by atoms with Crippen molar-refractivity contribution in [2.45, 2.75) is 6.54 Å². The Morgan fingerprint density at radius 2 is 1.92 bits per heavy atom. The van der Waals surface area contributed by atoms with E-state index in [1.807, 2.05) is 18.2 Å². The minimum absolute atomic E-state index is 0. The summed E-state index contributed by atoms with van der Waals surface area (Å²) in [5.74, 6) is 1.66. The first-order valence-electron chi connectivity index (χ1n) is 8.01. The lowest BCUT2D eigenvalue weighted by molar-refractivity contribution is -0.900. The number of halogens is 3. The first kappa shape index (κ1) is 19.6. The molecule has 24 heavy (non-hydrogen) atoms. The van der Waals surface area contributed by atoms with Gasteiger partial charge in [-0.05, 0) is 30.3 Å². The Morgan fingerprint density at radius 3 is 2.71 bits per heavy atom. The molecule has 2 heterocycles. The Bertz CT molecular complexity index is 642. The van der Waals surface area contributed by atoms with E-state index in [2.05, 4.69) is 10.6 Å². The Morgan fingerprint density at radius 1 is 1.12 bits per heavy atom. The number of piperazine rings is 1. The summed E-state index contributed by atoms with van der Waals surface area (Å²) in [6.07, 6.45) is 0. The van der Waals surface area contributed by atoms with Crippen LogP contribution in [0.2, 0.25) is 10.0 Å². The molecule has 3 N–H and O–H groups in total. The molecule has 1 aromatic heterocycles. The molecule has 0 unspecified atom stereocenters. The molecule has 1 aromatic carbocycles. The molecule has 0 atom stereocenters. The molecule has 132 valence electrons. The normalized spacial score (nSPS) is 15.2. The predicted molar refractivity (Wildman–Crippen MR) is 94.3 cm³/mol. The summed E-state index contributed by atoms with van der Waals surface area (Å²) in [5, 5.41) is 8.12. The van der Waals surface area contributed by atoms with Gasteiger partial charge >= 0.3 is 0 Å². The number of benzene rings is 1. The van der Waals surface area contributed by atoms with Crippen LogP contribution in [0.15, 0.2) is 34.7 Å². The molecule has 3 rings (SSSR count). The molecular weight excluding hydrogens is 369 g/mol. The smallest absolute Gasteiger partial charge is 0.135 e. The Hall–Kier alpha value is -0.750. The summed E-state index contributed by atoms with van der Waals surface area (Å²) in [4.78, 5) is 1.65. The summed E-state index contributed by atoms with van der Waals surface area (Å²) >= 11 is 12.2. The first-order chi connectivity index (χ1) is 11.2. The maximum atomic E-state index is 6.21. The van der Waals surface area contributed by atoms with Gasteiger partial charge in [0.15, 0.2) is 0 Å². The molecule has 7 heteroatoms. The van der Waals surface area contributed by atoms with Gasteiger partial charge in [-0.3, -0.25) is 0 Å². The van der Waals surface area contributed by atoms with Crippen LogP contribution in [0.25, 0.3) is 11.3 Å². The van der Waals surface area contributed by atoms with E-state index >= 15 is 0 Å². The molecule has 0 bridgehead atoms. The third-order valence-electron chi connectivity index (χ3n) is 4.12. The minimum atomic E-state index is 0. The second-order valence-electron chi connectivity index (χ2n) is 5.82. The molecule has 4 nitrogen and oxygen atoms in total. The van der Waals surface area contributed by atoms with Crippen molar-refractivity contribution in [3.05, 3.63) is 46.1 Å². The van der Waals surface area contributed by atoms with Crippen LogP contribution >= 0.6 is 23.2 Å². The highest BCUT2D eigenvalue weighted by Crippen LogP contribution is 2.31. The van der Waals surface area contributed by atoms with Crippen molar-refractivity contribution >= 4 is 23.2 Å². The number of hydrogen-bond acceptors (Lipinski definition) is 3. The largest absolute Gasteiger partial charge is 1.00 e. The fourth-order valence-electron chi connectivity index (χ4n) is 2.81. The van der Waals surface area contributed by atoms with Gasteiger partial charge < -0.3 is 32.4 Å². The van der Waals surface area contributed by atoms with Crippen molar-refractivity contribution in [2.24, 2.45) is 0 Å². The van der Waals surface area contributed by atoms with Crippen molar-refractivity contribution in [1.29, 1.82) is 0 Å². The molecule has 1 aliphatic heterocycles. The van der Waals surface area contributed by atoms with E-state index in [1.54, 1.807) is 17.0 Å². The number of quaternary nitrogens is 1. The van der Waals surface area contributed by atoms with Crippen LogP contribution in [0.3, 0.4) is 0 Å². The lowest BCUT2D eigenvalue weighted by Crippen LogP contribution is -3.15. The van der Waals surface area contributed by atoms with E-state index in [-0.39, 0.29) is 12.4 Å². The summed E-state index contributed by atoms with van der Waals surface area (Å²) in [5.41, 5.74) is 0.829. The zero-order chi connectivity index (χ0) is 16.1. The van der Waals surface area contributed by atoms with Gasteiger partial charge in [0.2, 0.25) is 0 Å². The fourth-order valence-corrected chi connectivity index (χ4v) is 3.19. The zero-order valence-corrected chi connectivity index (χ0v) is 15.6. The zero-order valence-electron chi connectivity index (χ0n) is 13.4. The molecule has 1 aliphatic rings. The standard InChI is InChI=1S/C17H21Cl2N3O.ClH/c18-13-1-3-16(19)15(11-13)17-4-2-14(23-17)12-21-7-10-22-8-5-20-6-9-22;/h1-4,11,20-21H,5-10,12H2;1H. The van der Waals surface area contributed by atoms with Gasteiger partial charge in [0.05, 0.1) is 31.2 Å². The first-order valence-corrected chi connectivity index (χ1v) is 8.77. The van der Waals surface area contributed by atoms with E-state index in [1.165, 1.54) is 13.1 Å². The summed E-state index contributed by atoms with van der Waals surface area (Å²) < 4.78 is 5.88. The van der Waals surface area contributed by atoms with Crippen LogP contribution in [0.4, 0.5) is 0 Å². The van der Waals surface area contributed by atoms with E-state index in [0.29, 0.717) is 10.0 Å². The number of rotatable bonds is 6. The van der Waals surface area contributed by atoms with Gasteiger partial charge in [0.1, 0.15) is 11.5 Å². The number of nitrogens with one attached hydrogen (secondary N) is 3. The highest BCUT2D eigenvalue weighted by molar-refractivity contribution is 6.35. The Balaban J connectivity index is 0.00000208. The second kappa shape index (κ2) is 9.66. The molecule has 0 spiro atoms. The highest BCUT2D eigenvalue weighted by atomic mass is 35.5. The Labute approximate surface area is 158 Å².